The van der Waals surface area contributed by atoms with E-state index in [0.29, 0.717) is 22.6 Å². The molecule has 0 aliphatic carbocycles. The normalized spacial score (nSPS) is 10.4. The first-order valence-corrected chi connectivity index (χ1v) is 8.26. The van der Waals surface area contributed by atoms with Gasteiger partial charge in [-0.15, -0.1) is 0 Å². The monoisotopic (exact) mass is 362 g/mol. The van der Waals surface area contributed by atoms with Gasteiger partial charge in [0.05, 0.1) is 22.8 Å². The SMILES string of the molecule is Cc1nn(C)c(C)c1NC(=O)Cn1c(-c2cccnc2)ccc(C#N)c1=O. The molecule has 0 saturated heterocycles. The Kier molecular flexibility index (Phi) is 4.86. The molecule has 0 radical (unpaired) electrons. The lowest BCUT2D eigenvalue weighted by molar-refractivity contribution is -0.116. The van der Waals surface area contributed by atoms with Crippen molar-refractivity contribution in [3.8, 4) is 17.3 Å². The fourth-order valence-corrected chi connectivity index (χ4v) is 2.86. The maximum Gasteiger partial charge on any atom is 0.269 e. The zero-order valence-corrected chi connectivity index (χ0v) is 15.2. The lowest BCUT2D eigenvalue weighted by atomic mass is 10.1. The van der Waals surface area contributed by atoms with Crippen molar-refractivity contribution in [2.45, 2.75) is 20.4 Å². The third kappa shape index (κ3) is 3.48. The van der Waals surface area contributed by atoms with Crippen molar-refractivity contribution in [3.63, 3.8) is 0 Å². The van der Waals surface area contributed by atoms with Crippen molar-refractivity contribution in [1.29, 1.82) is 5.26 Å². The molecule has 0 fully saturated rings. The summed E-state index contributed by atoms with van der Waals surface area (Å²) in [4.78, 5) is 29.3. The number of nitriles is 1. The molecule has 3 aromatic rings. The number of rotatable bonds is 4. The first-order chi connectivity index (χ1) is 12.9. The van der Waals surface area contributed by atoms with Crippen LogP contribution in [0.25, 0.3) is 11.3 Å². The number of anilines is 1. The van der Waals surface area contributed by atoms with Crippen LogP contribution in [0.3, 0.4) is 0 Å². The largest absolute Gasteiger partial charge is 0.321 e. The minimum Gasteiger partial charge on any atom is -0.321 e. The van der Waals surface area contributed by atoms with Crippen LogP contribution < -0.4 is 10.9 Å². The topological polar surface area (TPSA) is 106 Å². The van der Waals surface area contributed by atoms with Crippen LogP contribution in [0.15, 0.2) is 41.5 Å². The van der Waals surface area contributed by atoms with E-state index in [4.69, 9.17) is 5.26 Å². The van der Waals surface area contributed by atoms with Crippen LogP contribution >= 0.6 is 0 Å². The molecular formula is C19H18N6O2. The molecule has 0 bridgehead atoms. The van der Waals surface area contributed by atoms with Crippen LogP contribution in [0.2, 0.25) is 0 Å². The molecule has 0 saturated carbocycles. The molecule has 3 heterocycles. The molecule has 136 valence electrons. The molecule has 8 heteroatoms. The molecule has 1 amide bonds. The number of aryl methyl sites for hydroxylation is 2. The quantitative estimate of drug-likeness (QED) is 0.761. The summed E-state index contributed by atoms with van der Waals surface area (Å²) < 4.78 is 2.96. The van der Waals surface area contributed by atoms with E-state index in [1.165, 1.54) is 10.6 Å². The number of hydrogen-bond donors (Lipinski definition) is 1. The van der Waals surface area contributed by atoms with Crippen molar-refractivity contribution < 1.29 is 4.79 Å². The average molecular weight is 362 g/mol. The van der Waals surface area contributed by atoms with E-state index in [0.717, 1.165) is 5.69 Å². The summed E-state index contributed by atoms with van der Waals surface area (Å²) in [6.45, 7) is 3.41. The summed E-state index contributed by atoms with van der Waals surface area (Å²) in [5.74, 6) is -0.378. The highest BCUT2D eigenvalue weighted by Gasteiger charge is 2.16. The molecular weight excluding hydrogens is 344 g/mol. The van der Waals surface area contributed by atoms with Crippen LogP contribution in [-0.4, -0.2) is 25.2 Å². The number of nitrogens with zero attached hydrogens (tertiary/aromatic N) is 5. The predicted octanol–water partition coefficient (Wildman–Crippen LogP) is 1.77. The van der Waals surface area contributed by atoms with Gasteiger partial charge in [-0.05, 0) is 38.1 Å². The number of nitrogens with one attached hydrogen (secondary N) is 1. The number of pyridine rings is 2. The molecule has 0 aromatic carbocycles. The summed E-state index contributed by atoms with van der Waals surface area (Å²) >= 11 is 0. The first-order valence-electron chi connectivity index (χ1n) is 8.26. The Labute approximate surface area is 155 Å². The van der Waals surface area contributed by atoms with Gasteiger partial charge in [0.1, 0.15) is 18.2 Å². The number of amides is 1. The van der Waals surface area contributed by atoms with Crippen molar-refractivity contribution in [2.24, 2.45) is 7.05 Å². The zero-order valence-electron chi connectivity index (χ0n) is 15.2. The zero-order chi connectivity index (χ0) is 19.6. The van der Waals surface area contributed by atoms with E-state index in [1.54, 1.807) is 49.2 Å². The summed E-state index contributed by atoms with van der Waals surface area (Å²) in [7, 11) is 1.79. The van der Waals surface area contributed by atoms with E-state index in [9.17, 15) is 9.59 Å². The van der Waals surface area contributed by atoms with Crippen molar-refractivity contribution in [2.75, 3.05) is 5.32 Å². The average Bonchev–Trinajstić information content (AvgIpc) is 2.90. The molecule has 1 N–H and O–H groups in total. The minimum atomic E-state index is -0.520. The third-order valence-corrected chi connectivity index (χ3v) is 4.33. The summed E-state index contributed by atoms with van der Waals surface area (Å²) in [5, 5.41) is 16.2. The molecule has 3 rings (SSSR count). The van der Waals surface area contributed by atoms with Crippen LogP contribution in [0.1, 0.15) is 17.0 Å². The van der Waals surface area contributed by atoms with Gasteiger partial charge in [0.15, 0.2) is 0 Å². The van der Waals surface area contributed by atoms with Gasteiger partial charge in [-0.1, -0.05) is 0 Å². The Morgan fingerprint density at radius 1 is 1.30 bits per heavy atom. The number of carbonyl (C=O) groups is 1. The molecule has 0 aliphatic rings. The van der Waals surface area contributed by atoms with Gasteiger partial charge >= 0.3 is 0 Å². The maximum atomic E-state index is 12.6. The molecule has 0 aliphatic heterocycles. The van der Waals surface area contributed by atoms with Crippen molar-refractivity contribution >= 4 is 11.6 Å². The molecule has 8 nitrogen and oxygen atoms in total. The van der Waals surface area contributed by atoms with Gasteiger partial charge in [0.2, 0.25) is 5.91 Å². The summed E-state index contributed by atoms with van der Waals surface area (Å²) in [5.41, 5.74) is 2.77. The standard InChI is InChI=1S/C19H18N6O2/c1-12-18(13(2)24(3)23-12)22-17(26)11-25-16(15-5-4-8-21-10-15)7-6-14(9-20)19(25)27/h4-8,10H,11H2,1-3H3,(H,22,26). The first kappa shape index (κ1) is 18.1. The van der Waals surface area contributed by atoms with Crippen LogP contribution in [0.5, 0.6) is 0 Å². The van der Waals surface area contributed by atoms with Gasteiger partial charge in [-0.3, -0.25) is 23.8 Å². The van der Waals surface area contributed by atoms with Crippen LogP contribution in [0.4, 0.5) is 5.69 Å². The van der Waals surface area contributed by atoms with Gasteiger partial charge < -0.3 is 5.32 Å². The van der Waals surface area contributed by atoms with Gasteiger partial charge in [0.25, 0.3) is 5.56 Å². The van der Waals surface area contributed by atoms with Crippen LogP contribution in [-0.2, 0) is 18.4 Å². The highest BCUT2D eigenvalue weighted by Crippen LogP contribution is 2.20. The molecule has 27 heavy (non-hydrogen) atoms. The smallest absolute Gasteiger partial charge is 0.269 e. The fourth-order valence-electron chi connectivity index (χ4n) is 2.86. The van der Waals surface area contributed by atoms with E-state index >= 15 is 0 Å². The second-order valence-electron chi connectivity index (χ2n) is 6.09. The summed E-state index contributed by atoms with van der Waals surface area (Å²) in [6.07, 6.45) is 3.22. The lowest BCUT2D eigenvalue weighted by Gasteiger charge is -2.13. The summed E-state index contributed by atoms with van der Waals surface area (Å²) in [6, 6.07) is 8.49. The second kappa shape index (κ2) is 7.25. The Hall–Kier alpha value is -3.73. The number of hydrogen-bond acceptors (Lipinski definition) is 5. The van der Waals surface area contributed by atoms with E-state index < -0.39 is 5.56 Å². The van der Waals surface area contributed by atoms with E-state index in [-0.39, 0.29) is 18.0 Å². The third-order valence-electron chi connectivity index (χ3n) is 4.33. The number of carbonyl (C=O) groups excluding carboxylic acids is 1. The minimum absolute atomic E-state index is 0.0239. The Morgan fingerprint density at radius 3 is 2.67 bits per heavy atom. The highest BCUT2D eigenvalue weighted by molar-refractivity contribution is 5.92. The van der Waals surface area contributed by atoms with E-state index in [2.05, 4.69) is 15.4 Å². The Balaban J connectivity index is 1.99. The van der Waals surface area contributed by atoms with Crippen molar-refractivity contribution in [3.05, 3.63) is 64.0 Å². The predicted molar refractivity (Wildman–Crippen MR) is 100.0 cm³/mol. The molecule has 0 unspecified atom stereocenters. The van der Waals surface area contributed by atoms with Gasteiger partial charge in [-0.2, -0.15) is 10.4 Å². The highest BCUT2D eigenvalue weighted by atomic mass is 16.2. The van der Waals surface area contributed by atoms with Gasteiger partial charge in [-0.25, -0.2) is 0 Å². The maximum absolute atomic E-state index is 12.6. The fraction of sp³-hybridized carbons (Fsp3) is 0.211. The molecule has 0 atom stereocenters. The second-order valence-corrected chi connectivity index (χ2v) is 6.09. The number of aromatic nitrogens is 4. The van der Waals surface area contributed by atoms with E-state index in [1.807, 2.05) is 13.0 Å². The van der Waals surface area contributed by atoms with Crippen LogP contribution in [0, 0.1) is 25.2 Å². The Morgan fingerprint density at radius 2 is 2.07 bits per heavy atom. The van der Waals surface area contributed by atoms with Crippen molar-refractivity contribution in [1.82, 2.24) is 19.3 Å². The molecule has 0 spiro atoms. The molecule has 3 aromatic heterocycles. The Bertz CT molecular complexity index is 1110. The van der Waals surface area contributed by atoms with Gasteiger partial charge in [0, 0.05) is 25.0 Å². The lowest BCUT2D eigenvalue weighted by Crippen LogP contribution is -2.30.